The molecule has 1 aromatic heterocycles. The molecule has 5 nitrogen and oxygen atoms in total. The highest BCUT2D eigenvalue weighted by Gasteiger charge is 2.12. The first-order valence-corrected chi connectivity index (χ1v) is 8.95. The monoisotopic (exact) mass is 349 g/mol. The second-order valence-electron chi connectivity index (χ2n) is 6.21. The fourth-order valence-electron chi connectivity index (χ4n) is 3.07. The quantitative estimate of drug-likeness (QED) is 0.659. The van der Waals surface area contributed by atoms with Gasteiger partial charge in [0.05, 0.1) is 18.3 Å². The van der Waals surface area contributed by atoms with Crippen LogP contribution in [0, 0.1) is 0 Å². The SMILES string of the molecule is CCN(CCc1ccccc1)C(=O)CCn1ncc(=O)c2ccccc21. The highest BCUT2D eigenvalue weighted by atomic mass is 16.2. The molecule has 5 heteroatoms. The van der Waals surface area contributed by atoms with Crippen LogP contribution < -0.4 is 5.43 Å². The topological polar surface area (TPSA) is 55.2 Å². The lowest BCUT2D eigenvalue weighted by Crippen LogP contribution is -2.33. The van der Waals surface area contributed by atoms with Crippen molar-refractivity contribution < 1.29 is 4.79 Å². The predicted octanol–water partition coefficient (Wildman–Crippen LogP) is 2.88. The molecule has 3 aromatic rings. The van der Waals surface area contributed by atoms with Crippen LogP contribution in [0.15, 0.2) is 65.6 Å². The van der Waals surface area contributed by atoms with Crippen molar-refractivity contribution in [1.82, 2.24) is 14.7 Å². The number of hydrogen-bond acceptors (Lipinski definition) is 3. The molecule has 0 fully saturated rings. The number of benzene rings is 2. The Kier molecular flexibility index (Phi) is 5.79. The van der Waals surface area contributed by atoms with Crippen molar-refractivity contribution in [2.45, 2.75) is 26.3 Å². The maximum atomic E-state index is 12.6. The second-order valence-corrected chi connectivity index (χ2v) is 6.21. The summed E-state index contributed by atoms with van der Waals surface area (Å²) in [5, 5.41) is 4.82. The number of carbonyl (C=O) groups excluding carboxylic acids is 1. The number of amides is 1. The Hall–Kier alpha value is -2.95. The van der Waals surface area contributed by atoms with E-state index in [0.29, 0.717) is 31.4 Å². The Morgan fingerprint density at radius 2 is 1.81 bits per heavy atom. The molecule has 26 heavy (non-hydrogen) atoms. The van der Waals surface area contributed by atoms with E-state index in [-0.39, 0.29) is 11.3 Å². The van der Waals surface area contributed by atoms with E-state index in [4.69, 9.17) is 0 Å². The van der Waals surface area contributed by atoms with Gasteiger partial charge in [-0.05, 0) is 31.0 Å². The molecule has 0 saturated carbocycles. The summed E-state index contributed by atoms with van der Waals surface area (Å²) in [5.41, 5.74) is 1.90. The molecule has 0 aliphatic heterocycles. The summed E-state index contributed by atoms with van der Waals surface area (Å²) < 4.78 is 1.74. The van der Waals surface area contributed by atoms with Crippen LogP contribution in [-0.2, 0) is 17.8 Å². The Balaban J connectivity index is 1.64. The van der Waals surface area contributed by atoms with Crippen molar-refractivity contribution in [2.24, 2.45) is 0 Å². The van der Waals surface area contributed by atoms with Gasteiger partial charge in [-0.3, -0.25) is 14.3 Å². The average molecular weight is 349 g/mol. The average Bonchev–Trinajstić information content (AvgIpc) is 2.69. The Morgan fingerprint density at radius 1 is 1.08 bits per heavy atom. The van der Waals surface area contributed by atoms with Gasteiger partial charge in [0.1, 0.15) is 0 Å². The summed E-state index contributed by atoms with van der Waals surface area (Å²) in [6.45, 7) is 3.85. The first kappa shape index (κ1) is 17.9. The van der Waals surface area contributed by atoms with Crippen LogP contribution >= 0.6 is 0 Å². The summed E-state index contributed by atoms with van der Waals surface area (Å²) in [6.07, 6.45) is 2.53. The van der Waals surface area contributed by atoms with Crippen molar-refractivity contribution >= 4 is 16.8 Å². The first-order valence-electron chi connectivity index (χ1n) is 8.95. The van der Waals surface area contributed by atoms with Crippen LogP contribution in [-0.4, -0.2) is 33.7 Å². The number of likely N-dealkylation sites (N-methyl/N-ethyl adjacent to an activating group) is 1. The maximum absolute atomic E-state index is 12.6. The zero-order valence-corrected chi connectivity index (χ0v) is 15.0. The molecule has 0 aliphatic carbocycles. The van der Waals surface area contributed by atoms with E-state index in [1.165, 1.54) is 11.8 Å². The van der Waals surface area contributed by atoms with Crippen molar-refractivity contribution in [2.75, 3.05) is 13.1 Å². The Morgan fingerprint density at radius 3 is 2.58 bits per heavy atom. The normalized spacial score (nSPS) is 10.8. The number of para-hydroxylation sites is 1. The summed E-state index contributed by atoms with van der Waals surface area (Å²) in [5.74, 6) is 0.105. The summed E-state index contributed by atoms with van der Waals surface area (Å²) in [7, 11) is 0. The molecule has 0 spiro atoms. The summed E-state index contributed by atoms with van der Waals surface area (Å²) in [6, 6.07) is 17.5. The third kappa shape index (κ3) is 4.17. The predicted molar refractivity (Wildman–Crippen MR) is 103 cm³/mol. The molecule has 0 N–H and O–H groups in total. The second kappa shape index (κ2) is 8.43. The number of aromatic nitrogens is 2. The minimum absolute atomic E-state index is 0.0961. The molecule has 0 atom stereocenters. The van der Waals surface area contributed by atoms with Gasteiger partial charge in [-0.15, -0.1) is 0 Å². The molecule has 0 bridgehead atoms. The van der Waals surface area contributed by atoms with Crippen LogP contribution in [0.4, 0.5) is 0 Å². The lowest BCUT2D eigenvalue weighted by Gasteiger charge is -2.21. The van der Waals surface area contributed by atoms with E-state index < -0.39 is 0 Å². The van der Waals surface area contributed by atoms with E-state index in [0.717, 1.165) is 11.9 Å². The maximum Gasteiger partial charge on any atom is 0.224 e. The van der Waals surface area contributed by atoms with E-state index in [9.17, 15) is 9.59 Å². The van der Waals surface area contributed by atoms with Gasteiger partial charge in [0.2, 0.25) is 11.3 Å². The van der Waals surface area contributed by atoms with Gasteiger partial charge in [-0.1, -0.05) is 42.5 Å². The molecular weight excluding hydrogens is 326 g/mol. The first-order chi connectivity index (χ1) is 12.7. The molecular formula is C21H23N3O2. The van der Waals surface area contributed by atoms with Gasteiger partial charge in [0.25, 0.3) is 0 Å². The van der Waals surface area contributed by atoms with Gasteiger partial charge < -0.3 is 4.90 Å². The van der Waals surface area contributed by atoms with Crippen molar-refractivity contribution in [3.05, 3.63) is 76.6 Å². The Bertz CT molecular complexity index is 935. The molecule has 134 valence electrons. The third-order valence-corrected chi connectivity index (χ3v) is 4.55. The lowest BCUT2D eigenvalue weighted by molar-refractivity contribution is -0.131. The van der Waals surface area contributed by atoms with Crippen molar-refractivity contribution in [3.8, 4) is 0 Å². The Labute approximate surface area is 152 Å². The summed E-state index contributed by atoms with van der Waals surface area (Å²) >= 11 is 0. The summed E-state index contributed by atoms with van der Waals surface area (Å²) in [4.78, 5) is 26.4. The molecule has 0 aliphatic rings. The number of rotatable bonds is 7. The highest BCUT2D eigenvalue weighted by molar-refractivity contribution is 5.79. The van der Waals surface area contributed by atoms with Crippen LogP contribution in [0.25, 0.3) is 10.9 Å². The minimum Gasteiger partial charge on any atom is -0.343 e. The van der Waals surface area contributed by atoms with E-state index in [1.807, 2.05) is 48.2 Å². The number of nitrogens with zero attached hydrogens (tertiary/aromatic N) is 3. The fraction of sp³-hybridized carbons (Fsp3) is 0.286. The standard InChI is InChI=1S/C21H23N3O2/c1-2-23(14-12-17-8-4-3-5-9-17)21(26)13-15-24-19-11-7-6-10-18(19)20(25)16-22-24/h3-11,16H,2,12-15H2,1H3. The number of aryl methyl sites for hydroxylation is 1. The van der Waals surface area contributed by atoms with Crippen LogP contribution in [0.1, 0.15) is 18.9 Å². The third-order valence-electron chi connectivity index (χ3n) is 4.55. The molecule has 1 heterocycles. The van der Waals surface area contributed by atoms with E-state index in [1.54, 1.807) is 10.7 Å². The van der Waals surface area contributed by atoms with Gasteiger partial charge in [-0.25, -0.2) is 0 Å². The highest BCUT2D eigenvalue weighted by Crippen LogP contribution is 2.09. The van der Waals surface area contributed by atoms with Gasteiger partial charge in [-0.2, -0.15) is 5.10 Å². The van der Waals surface area contributed by atoms with Crippen molar-refractivity contribution in [1.29, 1.82) is 0 Å². The smallest absolute Gasteiger partial charge is 0.224 e. The molecule has 0 saturated heterocycles. The van der Waals surface area contributed by atoms with Crippen molar-refractivity contribution in [3.63, 3.8) is 0 Å². The number of hydrogen-bond donors (Lipinski definition) is 0. The number of fused-ring (bicyclic) bond motifs is 1. The molecule has 2 aromatic carbocycles. The fourth-order valence-corrected chi connectivity index (χ4v) is 3.07. The zero-order valence-electron chi connectivity index (χ0n) is 15.0. The van der Waals surface area contributed by atoms with Crippen LogP contribution in [0.5, 0.6) is 0 Å². The molecule has 3 rings (SSSR count). The van der Waals surface area contributed by atoms with Gasteiger partial charge >= 0.3 is 0 Å². The van der Waals surface area contributed by atoms with Gasteiger partial charge in [0.15, 0.2) is 0 Å². The van der Waals surface area contributed by atoms with E-state index in [2.05, 4.69) is 17.2 Å². The molecule has 1 amide bonds. The van der Waals surface area contributed by atoms with Crippen LogP contribution in [0.3, 0.4) is 0 Å². The van der Waals surface area contributed by atoms with Gasteiger partial charge in [0, 0.05) is 24.9 Å². The minimum atomic E-state index is -0.0961. The largest absolute Gasteiger partial charge is 0.343 e. The van der Waals surface area contributed by atoms with Crippen LogP contribution in [0.2, 0.25) is 0 Å². The molecule has 0 radical (unpaired) electrons. The van der Waals surface area contributed by atoms with E-state index >= 15 is 0 Å². The lowest BCUT2D eigenvalue weighted by atomic mass is 10.1. The molecule has 0 unspecified atom stereocenters. The number of carbonyl (C=O) groups is 1. The zero-order chi connectivity index (χ0) is 18.4.